The molecule has 0 amide bonds. The number of rotatable bonds is 3. The Morgan fingerprint density at radius 1 is 1.45 bits per heavy atom. The Bertz CT molecular complexity index is 895. The fourth-order valence-corrected chi connectivity index (χ4v) is 3.95. The highest BCUT2D eigenvalue weighted by atomic mass is 79.9. The van der Waals surface area contributed by atoms with E-state index in [1.165, 1.54) is 12.1 Å². The van der Waals surface area contributed by atoms with Gasteiger partial charge in [-0.15, -0.1) is 11.3 Å². The van der Waals surface area contributed by atoms with E-state index in [4.69, 9.17) is 10.00 Å². The third-order valence-corrected chi connectivity index (χ3v) is 5.31. The minimum Gasteiger partial charge on any atom is -0.463 e. The van der Waals surface area contributed by atoms with Crippen molar-refractivity contribution in [3.63, 3.8) is 0 Å². The number of benzene rings is 1. The summed E-state index contributed by atoms with van der Waals surface area (Å²) in [4.78, 5) is 22.9. The predicted octanol–water partition coefficient (Wildman–Crippen LogP) is 4.54. The summed E-state index contributed by atoms with van der Waals surface area (Å²) in [6.45, 7) is 7.03. The Hall–Kier alpha value is -2.57. The van der Waals surface area contributed by atoms with E-state index < -0.39 is 0 Å². The molecule has 1 aromatic heterocycles. The lowest BCUT2D eigenvalue weighted by Crippen LogP contribution is -2.33. The van der Waals surface area contributed by atoms with Crippen LogP contribution in [-0.2, 0) is 9.53 Å². The van der Waals surface area contributed by atoms with Gasteiger partial charge in [-0.05, 0) is 38.0 Å². The quantitative estimate of drug-likeness (QED) is 0.604. The lowest BCUT2D eigenvalue weighted by Gasteiger charge is -2.26. The van der Waals surface area contributed by atoms with Crippen LogP contribution >= 0.6 is 27.3 Å². The van der Waals surface area contributed by atoms with Crippen LogP contribution in [0.4, 0.5) is 4.39 Å². The molecule has 0 unspecified atom stereocenters. The van der Waals surface area contributed by atoms with Gasteiger partial charge in [0.15, 0.2) is 10.8 Å². The van der Waals surface area contributed by atoms with Crippen LogP contribution in [0.2, 0.25) is 0 Å². The second-order valence-corrected chi connectivity index (χ2v) is 7.63. The average molecular weight is 479 g/mol. The summed E-state index contributed by atoms with van der Waals surface area (Å²) in [5.41, 5.74) is 1.78. The van der Waals surface area contributed by atoms with Crippen molar-refractivity contribution in [2.45, 2.75) is 19.8 Å². The Morgan fingerprint density at radius 3 is 2.83 bits per heavy atom. The summed E-state index contributed by atoms with van der Waals surface area (Å²) in [6, 6.07) is 6.26. The van der Waals surface area contributed by atoms with Crippen molar-refractivity contribution in [3.8, 4) is 6.57 Å². The van der Waals surface area contributed by atoms with Gasteiger partial charge in [-0.25, -0.2) is 19.4 Å². The molecule has 0 aliphatic carbocycles. The number of fused-ring (bicyclic) bond motifs is 1. The number of nitrogens with zero attached hydrogens (tertiary/aromatic N) is 4. The molecule has 0 N–H and O–H groups in total. The predicted molar refractivity (Wildman–Crippen MR) is 114 cm³/mol. The first-order chi connectivity index (χ1) is 14.1. The molecular weight excluding hydrogens is 459 g/mol. The highest BCUT2D eigenvalue weighted by Crippen LogP contribution is 2.31. The monoisotopic (exact) mass is 478 g/mol. The molecule has 0 bridgehead atoms. The number of halogens is 2. The maximum Gasteiger partial charge on any atom is 0.337 e. The first kappa shape index (κ1) is 22.7. The number of allylic oxidation sites excluding steroid dienone is 1. The number of thiazole rings is 1. The summed E-state index contributed by atoms with van der Waals surface area (Å²) >= 11 is 4.70. The molecule has 0 atom stereocenters. The number of carbonyl (C=O) groups excluding carboxylic acids is 1. The first-order valence-corrected chi connectivity index (χ1v) is 10.5. The molecule has 0 spiro atoms. The van der Waals surface area contributed by atoms with Gasteiger partial charge in [-0.2, -0.15) is 0 Å². The van der Waals surface area contributed by atoms with E-state index in [0.29, 0.717) is 18.7 Å². The van der Waals surface area contributed by atoms with Crippen LogP contribution in [-0.4, -0.2) is 41.4 Å². The molecule has 0 radical (unpaired) electrons. The van der Waals surface area contributed by atoms with E-state index in [2.05, 4.69) is 37.4 Å². The topological polar surface area (TPSA) is 78.6 Å². The number of aromatic nitrogens is 1. The number of carbonyl (C=O) groups is 1. The van der Waals surface area contributed by atoms with Crippen molar-refractivity contribution < 1.29 is 13.9 Å². The molecule has 3 heterocycles. The van der Waals surface area contributed by atoms with E-state index in [1.54, 1.807) is 29.7 Å². The SMILES string of the molecule is C#N.CCOC(=O)C1=C2CCCN2C(c2nccs2)=NC1.Fc1cccc(Br)c1. The molecule has 2 aromatic rings. The molecule has 1 fully saturated rings. The zero-order chi connectivity index (χ0) is 21.2. The van der Waals surface area contributed by atoms with E-state index >= 15 is 0 Å². The van der Waals surface area contributed by atoms with Crippen LogP contribution in [0, 0.1) is 17.7 Å². The van der Waals surface area contributed by atoms with Gasteiger partial charge in [-0.1, -0.05) is 22.0 Å². The summed E-state index contributed by atoms with van der Waals surface area (Å²) in [5, 5.41) is 9.36. The molecule has 29 heavy (non-hydrogen) atoms. The number of nitriles is 1. The lowest BCUT2D eigenvalue weighted by atomic mass is 10.1. The normalized spacial score (nSPS) is 14.7. The minimum atomic E-state index is -0.230. The van der Waals surface area contributed by atoms with Gasteiger partial charge in [-0.3, -0.25) is 4.99 Å². The fraction of sp³-hybridized carbons (Fsp3) is 0.300. The van der Waals surface area contributed by atoms with Crippen molar-refractivity contribution in [1.29, 1.82) is 5.26 Å². The minimum absolute atomic E-state index is 0.209. The van der Waals surface area contributed by atoms with E-state index in [1.807, 2.05) is 12.3 Å². The smallest absolute Gasteiger partial charge is 0.337 e. The van der Waals surface area contributed by atoms with Crippen LogP contribution in [0.15, 0.2) is 56.6 Å². The van der Waals surface area contributed by atoms with Crippen LogP contribution in [0.3, 0.4) is 0 Å². The molecule has 1 saturated heterocycles. The summed E-state index contributed by atoms with van der Waals surface area (Å²) < 4.78 is 18.0. The zero-order valence-electron chi connectivity index (χ0n) is 15.8. The Morgan fingerprint density at radius 2 is 2.24 bits per heavy atom. The van der Waals surface area contributed by atoms with E-state index in [-0.39, 0.29) is 11.8 Å². The number of esters is 1. The largest absolute Gasteiger partial charge is 0.463 e. The molecule has 1 aromatic carbocycles. The Kier molecular flexibility index (Phi) is 8.96. The summed E-state index contributed by atoms with van der Waals surface area (Å²) in [5.74, 6) is 0.460. The van der Waals surface area contributed by atoms with Crippen LogP contribution in [0.25, 0.3) is 0 Å². The second-order valence-electron chi connectivity index (χ2n) is 5.82. The molecule has 2 aliphatic rings. The molecular formula is C20H20BrFN4O2S. The zero-order valence-corrected chi connectivity index (χ0v) is 18.2. The van der Waals surface area contributed by atoms with Gasteiger partial charge >= 0.3 is 5.97 Å². The number of hydrogen-bond acceptors (Lipinski definition) is 7. The maximum atomic E-state index is 12.1. The summed E-state index contributed by atoms with van der Waals surface area (Å²) in [7, 11) is 0. The second kappa shape index (κ2) is 11.4. The van der Waals surface area contributed by atoms with E-state index in [0.717, 1.165) is 40.4 Å². The van der Waals surface area contributed by atoms with Crippen molar-refractivity contribution >= 4 is 39.1 Å². The number of hydrogen-bond donors (Lipinski definition) is 0. The van der Waals surface area contributed by atoms with Gasteiger partial charge in [0.25, 0.3) is 0 Å². The number of amidine groups is 1. The van der Waals surface area contributed by atoms with Crippen molar-refractivity contribution in [3.05, 3.63) is 62.4 Å². The van der Waals surface area contributed by atoms with Crippen molar-refractivity contribution in [1.82, 2.24) is 9.88 Å². The summed E-state index contributed by atoms with van der Waals surface area (Å²) in [6.07, 6.45) is 3.74. The molecule has 2 aliphatic heterocycles. The van der Waals surface area contributed by atoms with Crippen LogP contribution in [0.1, 0.15) is 24.8 Å². The first-order valence-electron chi connectivity index (χ1n) is 8.88. The van der Waals surface area contributed by atoms with Gasteiger partial charge in [0.2, 0.25) is 0 Å². The highest BCUT2D eigenvalue weighted by Gasteiger charge is 2.32. The molecule has 0 saturated carbocycles. The Balaban J connectivity index is 0.000000252. The highest BCUT2D eigenvalue weighted by molar-refractivity contribution is 9.10. The molecule has 152 valence electrons. The van der Waals surface area contributed by atoms with Gasteiger partial charge < -0.3 is 9.64 Å². The molecule has 9 heteroatoms. The Labute approximate surface area is 181 Å². The van der Waals surface area contributed by atoms with Crippen LogP contribution in [0.5, 0.6) is 0 Å². The number of ether oxygens (including phenoxy) is 1. The molecule has 6 nitrogen and oxygen atoms in total. The van der Waals surface area contributed by atoms with Crippen molar-refractivity contribution in [2.24, 2.45) is 4.99 Å². The van der Waals surface area contributed by atoms with Crippen LogP contribution < -0.4 is 0 Å². The third kappa shape index (κ3) is 5.95. The van der Waals surface area contributed by atoms with Crippen molar-refractivity contribution in [2.75, 3.05) is 19.7 Å². The lowest BCUT2D eigenvalue weighted by molar-refractivity contribution is -0.138. The van der Waals surface area contributed by atoms with E-state index in [9.17, 15) is 9.18 Å². The van der Waals surface area contributed by atoms with Gasteiger partial charge in [0.1, 0.15) is 5.82 Å². The maximum absolute atomic E-state index is 12.1. The fourth-order valence-electron chi connectivity index (χ4n) is 2.93. The molecule has 4 rings (SSSR count). The average Bonchev–Trinajstić information content (AvgIpc) is 3.41. The number of aliphatic imine (C=N–C) groups is 1. The van der Waals surface area contributed by atoms with Gasteiger partial charge in [0.05, 0.1) is 18.7 Å². The standard InChI is InChI=1S/C13H15N3O2S.C6H4BrF.CHN/c1-2-18-13(17)9-8-15-11(12-14-5-7-19-12)16-6-3-4-10(9)16;7-5-2-1-3-6(8)4-5;1-2/h5,7H,2-4,6,8H2,1H3;1-4H;1H. The third-order valence-electron chi connectivity index (χ3n) is 4.04. The van der Waals surface area contributed by atoms with Gasteiger partial charge in [0, 0.05) is 34.9 Å².